The zero-order valence-corrected chi connectivity index (χ0v) is 20.1. The molecule has 0 bridgehead atoms. The highest BCUT2D eigenvalue weighted by molar-refractivity contribution is 6.00. The molecule has 0 radical (unpaired) electrons. The molecule has 3 aromatic rings. The van der Waals surface area contributed by atoms with Crippen molar-refractivity contribution < 1.29 is 23.2 Å². The number of nitrogens with one attached hydrogen (secondary N) is 1. The van der Waals surface area contributed by atoms with Crippen LogP contribution in [0.4, 0.5) is 20.2 Å². The van der Waals surface area contributed by atoms with Gasteiger partial charge in [-0.15, -0.1) is 0 Å². The third-order valence-corrected chi connectivity index (χ3v) is 7.01. The topological polar surface area (TPSA) is 73.0 Å². The van der Waals surface area contributed by atoms with Crippen LogP contribution < -0.4 is 10.2 Å². The van der Waals surface area contributed by atoms with E-state index in [2.05, 4.69) is 5.32 Å². The summed E-state index contributed by atoms with van der Waals surface area (Å²) in [6, 6.07) is 20.4. The Morgan fingerprint density at radius 3 is 2.05 bits per heavy atom. The number of carbonyl (C=O) groups is 3. The molecule has 2 saturated heterocycles. The van der Waals surface area contributed by atoms with Gasteiger partial charge in [-0.25, -0.2) is 8.78 Å². The minimum Gasteiger partial charge on any atom is -0.339 e. The van der Waals surface area contributed by atoms with E-state index >= 15 is 0 Å². The van der Waals surface area contributed by atoms with E-state index in [4.69, 9.17) is 0 Å². The van der Waals surface area contributed by atoms with Gasteiger partial charge in [0.1, 0.15) is 23.7 Å². The number of piperidine rings is 1. The van der Waals surface area contributed by atoms with Crippen molar-refractivity contribution in [2.75, 3.05) is 36.5 Å². The van der Waals surface area contributed by atoms with Gasteiger partial charge in [-0.3, -0.25) is 14.4 Å². The number of carbonyl (C=O) groups excluding carboxylic acids is 3. The minimum atomic E-state index is -0.892. The fourth-order valence-corrected chi connectivity index (χ4v) is 5.08. The monoisotopic (exact) mass is 504 g/mol. The summed E-state index contributed by atoms with van der Waals surface area (Å²) >= 11 is 0. The van der Waals surface area contributed by atoms with Crippen molar-refractivity contribution in [2.24, 2.45) is 0 Å². The normalized spacial score (nSPS) is 16.8. The average Bonchev–Trinajstić information content (AvgIpc) is 3.17. The first kappa shape index (κ1) is 24.4. The Morgan fingerprint density at radius 2 is 1.43 bits per heavy atom. The van der Waals surface area contributed by atoms with Gasteiger partial charge in [0.15, 0.2) is 0 Å². The number of benzene rings is 3. The van der Waals surface area contributed by atoms with E-state index < -0.39 is 17.2 Å². The van der Waals surface area contributed by atoms with Crippen LogP contribution in [0.3, 0.4) is 0 Å². The number of para-hydroxylation sites is 1. The Bertz CT molecular complexity index is 1290. The lowest BCUT2D eigenvalue weighted by Gasteiger charge is -2.43. The van der Waals surface area contributed by atoms with Crippen LogP contribution in [0, 0.1) is 11.6 Å². The SMILES string of the molecule is O=C(CN1CN(c2ccccc2)C2(CCN(C(=O)c3ccc(F)cc3)CC2)C1=O)Nc1ccc(F)cc1. The van der Waals surface area contributed by atoms with Crippen molar-refractivity contribution in [1.29, 1.82) is 0 Å². The first-order valence-corrected chi connectivity index (χ1v) is 12.1. The predicted molar refractivity (Wildman–Crippen MR) is 135 cm³/mol. The van der Waals surface area contributed by atoms with E-state index in [-0.39, 0.29) is 30.9 Å². The molecule has 0 aromatic heterocycles. The van der Waals surface area contributed by atoms with Crippen LogP contribution in [-0.4, -0.2) is 59.4 Å². The summed E-state index contributed by atoms with van der Waals surface area (Å²) < 4.78 is 26.5. The lowest BCUT2D eigenvalue weighted by molar-refractivity contribution is -0.136. The fraction of sp³-hybridized carbons (Fsp3) is 0.250. The Morgan fingerprint density at radius 1 is 0.838 bits per heavy atom. The highest BCUT2D eigenvalue weighted by atomic mass is 19.1. The molecule has 0 atom stereocenters. The van der Waals surface area contributed by atoms with Crippen LogP contribution in [0.15, 0.2) is 78.9 Å². The standard InChI is InChI=1S/C28H26F2N4O3/c29-21-8-6-20(7-9-21)26(36)32-16-14-28(15-17-32)27(37)33(19-34(28)24-4-2-1-3-5-24)18-25(35)31-23-12-10-22(30)11-13-23/h1-13H,14-19H2,(H,31,35). The molecular weight excluding hydrogens is 478 g/mol. The third-order valence-electron chi connectivity index (χ3n) is 7.01. The van der Waals surface area contributed by atoms with Crippen molar-refractivity contribution in [3.63, 3.8) is 0 Å². The van der Waals surface area contributed by atoms with Crippen LogP contribution in [0.5, 0.6) is 0 Å². The molecule has 5 rings (SSSR count). The smallest absolute Gasteiger partial charge is 0.253 e. The zero-order chi connectivity index (χ0) is 26.0. The molecule has 0 saturated carbocycles. The number of nitrogens with zero attached hydrogens (tertiary/aromatic N) is 3. The summed E-state index contributed by atoms with van der Waals surface area (Å²) in [7, 11) is 0. The lowest BCUT2D eigenvalue weighted by Crippen LogP contribution is -2.57. The van der Waals surface area contributed by atoms with E-state index in [1.165, 1.54) is 53.4 Å². The van der Waals surface area contributed by atoms with Gasteiger partial charge in [-0.1, -0.05) is 18.2 Å². The van der Waals surface area contributed by atoms with Gasteiger partial charge >= 0.3 is 0 Å². The third kappa shape index (κ3) is 4.89. The fourth-order valence-electron chi connectivity index (χ4n) is 5.08. The molecule has 1 spiro atoms. The van der Waals surface area contributed by atoms with Gasteiger partial charge in [0, 0.05) is 30.0 Å². The van der Waals surface area contributed by atoms with E-state index in [1.807, 2.05) is 35.2 Å². The van der Waals surface area contributed by atoms with E-state index in [9.17, 15) is 23.2 Å². The Hall–Kier alpha value is -4.27. The quantitative estimate of drug-likeness (QED) is 0.573. The maximum Gasteiger partial charge on any atom is 0.253 e. The molecule has 2 aliphatic heterocycles. The van der Waals surface area contributed by atoms with Crippen LogP contribution in [0.25, 0.3) is 0 Å². The van der Waals surface area contributed by atoms with E-state index in [0.717, 1.165) is 5.69 Å². The number of rotatable bonds is 5. The highest BCUT2D eigenvalue weighted by Gasteiger charge is 2.54. The molecule has 0 aliphatic carbocycles. The van der Waals surface area contributed by atoms with E-state index in [1.54, 1.807) is 4.90 Å². The molecular formula is C28H26F2N4O3. The highest BCUT2D eigenvalue weighted by Crippen LogP contribution is 2.39. The summed E-state index contributed by atoms with van der Waals surface area (Å²) in [6.45, 7) is 0.771. The lowest BCUT2D eigenvalue weighted by atomic mass is 9.85. The van der Waals surface area contributed by atoms with Crippen molar-refractivity contribution in [3.05, 3.63) is 96.1 Å². The minimum absolute atomic E-state index is 0.153. The van der Waals surface area contributed by atoms with Crippen LogP contribution in [0.1, 0.15) is 23.2 Å². The molecule has 7 nitrogen and oxygen atoms in total. The van der Waals surface area contributed by atoms with Crippen LogP contribution in [0.2, 0.25) is 0 Å². The number of anilines is 2. The summed E-state index contributed by atoms with van der Waals surface area (Å²) in [6.07, 6.45) is 0.785. The van der Waals surface area contributed by atoms with Gasteiger partial charge in [-0.2, -0.15) is 0 Å². The summed E-state index contributed by atoms with van der Waals surface area (Å²) in [5, 5.41) is 2.71. The first-order valence-electron chi connectivity index (χ1n) is 12.1. The molecule has 3 aromatic carbocycles. The number of hydrogen-bond donors (Lipinski definition) is 1. The molecule has 3 amide bonds. The number of likely N-dealkylation sites (tertiary alicyclic amines) is 1. The second-order valence-corrected chi connectivity index (χ2v) is 9.29. The Labute approximate surface area is 213 Å². The van der Waals surface area contributed by atoms with E-state index in [0.29, 0.717) is 37.2 Å². The molecule has 1 N–H and O–H groups in total. The second kappa shape index (κ2) is 10.0. The number of hydrogen-bond acceptors (Lipinski definition) is 4. The molecule has 37 heavy (non-hydrogen) atoms. The molecule has 2 heterocycles. The van der Waals surface area contributed by atoms with Crippen molar-refractivity contribution >= 4 is 29.1 Å². The Kier molecular flexibility index (Phi) is 6.60. The number of amides is 3. The largest absolute Gasteiger partial charge is 0.339 e. The maximum atomic E-state index is 13.8. The van der Waals surface area contributed by atoms with Crippen LogP contribution in [-0.2, 0) is 9.59 Å². The van der Waals surface area contributed by atoms with Crippen LogP contribution >= 0.6 is 0 Å². The molecule has 2 aliphatic rings. The Balaban J connectivity index is 1.33. The maximum absolute atomic E-state index is 13.8. The first-order chi connectivity index (χ1) is 17.9. The molecule has 2 fully saturated rings. The number of halogens is 2. The molecule has 0 unspecified atom stereocenters. The van der Waals surface area contributed by atoms with Crippen molar-refractivity contribution in [3.8, 4) is 0 Å². The van der Waals surface area contributed by atoms with Gasteiger partial charge in [-0.05, 0) is 73.5 Å². The summed E-state index contributed by atoms with van der Waals surface area (Å²) in [5.41, 5.74) is 0.807. The molecule has 190 valence electrons. The molecule has 9 heteroatoms. The zero-order valence-electron chi connectivity index (χ0n) is 20.1. The van der Waals surface area contributed by atoms with Gasteiger partial charge < -0.3 is 20.0 Å². The average molecular weight is 505 g/mol. The summed E-state index contributed by atoms with van der Waals surface area (Å²) in [5.74, 6) is -1.57. The van der Waals surface area contributed by atoms with Crippen molar-refractivity contribution in [1.82, 2.24) is 9.80 Å². The second-order valence-electron chi connectivity index (χ2n) is 9.29. The van der Waals surface area contributed by atoms with Gasteiger partial charge in [0.2, 0.25) is 5.91 Å². The van der Waals surface area contributed by atoms with Crippen molar-refractivity contribution in [2.45, 2.75) is 18.4 Å². The van der Waals surface area contributed by atoms with Gasteiger partial charge in [0.05, 0.1) is 6.67 Å². The summed E-state index contributed by atoms with van der Waals surface area (Å²) in [4.78, 5) is 44.7. The van der Waals surface area contributed by atoms with Gasteiger partial charge in [0.25, 0.3) is 11.8 Å². The predicted octanol–water partition coefficient (Wildman–Crippen LogP) is 3.88.